The van der Waals surface area contributed by atoms with Crippen molar-refractivity contribution in [3.63, 3.8) is 0 Å². The van der Waals surface area contributed by atoms with Crippen molar-refractivity contribution in [2.75, 3.05) is 0 Å². The van der Waals surface area contributed by atoms with Crippen LogP contribution in [0.5, 0.6) is 0 Å². The smallest absolute Gasteiger partial charge is 0.168 e. The van der Waals surface area contributed by atoms with Gasteiger partial charge in [0.1, 0.15) is 0 Å². The molecule has 98 valence electrons. The highest BCUT2D eigenvalue weighted by molar-refractivity contribution is 5.97. The van der Waals surface area contributed by atoms with Gasteiger partial charge in [-0.2, -0.15) is 0 Å². The number of hydrogen-bond acceptors (Lipinski definition) is 2. The summed E-state index contributed by atoms with van der Waals surface area (Å²) in [4.78, 5) is 16.5. The predicted octanol–water partition coefficient (Wildman–Crippen LogP) is 3.63. The van der Waals surface area contributed by atoms with E-state index < -0.39 is 0 Å². The number of ketones is 1. The minimum Gasteiger partial charge on any atom is -0.294 e. The number of rotatable bonds is 5. The minimum absolute atomic E-state index is 0.124. The fraction of sp³-hybridized carbons (Fsp3) is 0.294. The second-order valence-corrected chi connectivity index (χ2v) is 4.66. The van der Waals surface area contributed by atoms with Crippen molar-refractivity contribution < 1.29 is 4.79 Å². The summed E-state index contributed by atoms with van der Waals surface area (Å²) >= 11 is 0. The molecule has 0 radical (unpaired) electrons. The van der Waals surface area contributed by atoms with Crippen LogP contribution in [0.25, 0.3) is 0 Å². The lowest BCUT2D eigenvalue weighted by Crippen LogP contribution is -2.05. The average Bonchev–Trinajstić information content (AvgIpc) is 2.48. The highest BCUT2D eigenvalue weighted by atomic mass is 16.1. The van der Waals surface area contributed by atoms with Crippen LogP contribution in [0.4, 0.5) is 0 Å². The van der Waals surface area contributed by atoms with Crippen LogP contribution in [0.15, 0.2) is 42.6 Å². The van der Waals surface area contributed by atoms with Crippen LogP contribution in [0, 0.1) is 0 Å². The molecular weight excluding hydrogens is 234 g/mol. The molecule has 0 saturated carbocycles. The Morgan fingerprint density at radius 3 is 2.11 bits per heavy atom. The number of aromatic nitrogens is 1. The lowest BCUT2D eigenvalue weighted by atomic mass is 10.0. The van der Waals surface area contributed by atoms with Gasteiger partial charge in [-0.15, -0.1) is 0 Å². The van der Waals surface area contributed by atoms with E-state index >= 15 is 0 Å². The van der Waals surface area contributed by atoms with Crippen molar-refractivity contribution in [1.82, 2.24) is 4.98 Å². The molecule has 19 heavy (non-hydrogen) atoms. The van der Waals surface area contributed by atoms with Crippen LogP contribution in [-0.2, 0) is 19.3 Å². The third kappa shape index (κ3) is 3.50. The monoisotopic (exact) mass is 253 g/mol. The van der Waals surface area contributed by atoms with Gasteiger partial charge in [-0.1, -0.05) is 44.2 Å². The summed E-state index contributed by atoms with van der Waals surface area (Å²) in [6, 6.07) is 11.8. The summed E-state index contributed by atoms with van der Waals surface area (Å²) in [6.45, 7) is 4.20. The summed E-state index contributed by atoms with van der Waals surface area (Å²) in [5.74, 6) is 0.124. The first-order valence-corrected chi connectivity index (χ1v) is 6.79. The van der Waals surface area contributed by atoms with E-state index in [0.717, 1.165) is 24.1 Å². The van der Waals surface area contributed by atoms with Crippen LogP contribution >= 0.6 is 0 Å². The summed E-state index contributed by atoms with van der Waals surface area (Å²) in [7, 11) is 0. The van der Waals surface area contributed by atoms with Gasteiger partial charge in [0, 0.05) is 17.5 Å². The molecule has 2 rings (SSSR count). The van der Waals surface area contributed by atoms with Gasteiger partial charge in [0.15, 0.2) is 5.78 Å². The van der Waals surface area contributed by atoms with Gasteiger partial charge in [0.05, 0.1) is 6.42 Å². The van der Waals surface area contributed by atoms with E-state index in [-0.39, 0.29) is 5.78 Å². The SMILES string of the molecule is CCc1ccc(C(=O)Cc2ccc(CC)cn2)cc1. The highest BCUT2D eigenvalue weighted by Crippen LogP contribution is 2.09. The molecule has 1 aromatic carbocycles. The Labute approximate surface area is 114 Å². The van der Waals surface area contributed by atoms with Gasteiger partial charge in [-0.3, -0.25) is 9.78 Å². The summed E-state index contributed by atoms with van der Waals surface area (Å²) in [6.07, 6.45) is 4.19. The van der Waals surface area contributed by atoms with Crippen LogP contribution in [0.3, 0.4) is 0 Å². The topological polar surface area (TPSA) is 30.0 Å². The molecule has 0 aliphatic carbocycles. The number of pyridine rings is 1. The lowest BCUT2D eigenvalue weighted by molar-refractivity contribution is 0.0992. The Morgan fingerprint density at radius 2 is 1.58 bits per heavy atom. The zero-order valence-electron chi connectivity index (χ0n) is 11.5. The van der Waals surface area contributed by atoms with E-state index in [0.29, 0.717) is 6.42 Å². The molecule has 2 heteroatoms. The van der Waals surface area contributed by atoms with Gasteiger partial charge < -0.3 is 0 Å². The van der Waals surface area contributed by atoms with E-state index in [1.165, 1.54) is 11.1 Å². The Hall–Kier alpha value is -1.96. The van der Waals surface area contributed by atoms with E-state index in [1.807, 2.05) is 42.6 Å². The van der Waals surface area contributed by atoms with Gasteiger partial charge in [-0.25, -0.2) is 0 Å². The van der Waals surface area contributed by atoms with Crippen molar-refractivity contribution >= 4 is 5.78 Å². The summed E-state index contributed by atoms with van der Waals surface area (Å²) < 4.78 is 0. The number of carbonyl (C=O) groups excluding carboxylic acids is 1. The van der Waals surface area contributed by atoms with Gasteiger partial charge >= 0.3 is 0 Å². The number of benzene rings is 1. The fourth-order valence-corrected chi connectivity index (χ4v) is 1.96. The zero-order chi connectivity index (χ0) is 13.7. The molecule has 0 fully saturated rings. The van der Waals surface area contributed by atoms with Crippen molar-refractivity contribution in [1.29, 1.82) is 0 Å². The second-order valence-electron chi connectivity index (χ2n) is 4.66. The lowest BCUT2D eigenvalue weighted by Gasteiger charge is -2.03. The summed E-state index contributed by atoms with van der Waals surface area (Å²) in [5.41, 5.74) is 4.05. The molecule has 0 spiro atoms. The Balaban J connectivity index is 2.06. The average molecular weight is 253 g/mol. The normalized spacial score (nSPS) is 10.4. The Kier molecular flexibility index (Phi) is 4.45. The van der Waals surface area contributed by atoms with Gasteiger partial charge in [0.2, 0.25) is 0 Å². The van der Waals surface area contributed by atoms with Crippen molar-refractivity contribution in [3.05, 3.63) is 65.0 Å². The number of aryl methyl sites for hydroxylation is 2. The second kappa shape index (κ2) is 6.28. The number of carbonyl (C=O) groups is 1. The zero-order valence-corrected chi connectivity index (χ0v) is 11.5. The standard InChI is InChI=1S/C17H19NO/c1-3-13-5-8-15(9-6-13)17(19)11-16-10-7-14(4-2)12-18-16/h5-10,12H,3-4,11H2,1-2H3. The largest absolute Gasteiger partial charge is 0.294 e. The first-order valence-electron chi connectivity index (χ1n) is 6.79. The molecule has 0 amide bonds. The number of nitrogens with zero attached hydrogens (tertiary/aromatic N) is 1. The number of Topliss-reactive ketones (excluding diaryl/α,β-unsaturated/α-hetero) is 1. The molecule has 0 unspecified atom stereocenters. The number of hydrogen-bond donors (Lipinski definition) is 0. The first-order chi connectivity index (χ1) is 9.22. The van der Waals surface area contributed by atoms with Crippen LogP contribution in [-0.4, -0.2) is 10.8 Å². The van der Waals surface area contributed by atoms with Crippen molar-refractivity contribution in [2.45, 2.75) is 33.1 Å². The third-order valence-electron chi connectivity index (χ3n) is 3.32. The van der Waals surface area contributed by atoms with Crippen molar-refractivity contribution in [2.24, 2.45) is 0 Å². The maximum atomic E-state index is 12.1. The molecule has 1 heterocycles. The van der Waals surface area contributed by atoms with Crippen molar-refractivity contribution in [3.8, 4) is 0 Å². The van der Waals surface area contributed by atoms with Crippen LogP contribution in [0.2, 0.25) is 0 Å². The minimum atomic E-state index is 0.124. The van der Waals surface area contributed by atoms with Crippen LogP contribution < -0.4 is 0 Å². The fourth-order valence-electron chi connectivity index (χ4n) is 1.96. The Bertz CT molecular complexity index is 540. The highest BCUT2D eigenvalue weighted by Gasteiger charge is 2.07. The molecule has 2 nitrogen and oxygen atoms in total. The molecule has 2 aromatic rings. The van der Waals surface area contributed by atoms with E-state index in [9.17, 15) is 4.79 Å². The molecule has 0 bridgehead atoms. The quantitative estimate of drug-likeness (QED) is 0.762. The molecule has 0 saturated heterocycles. The molecule has 1 aromatic heterocycles. The first kappa shape index (κ1) is 13.5. The van der Waals surface area contributed by atoms with Crippen LogP contribution in [0.1, 0.15) is 41.0 Å². The Morgan fingerprint density at radius 1 is 0.947 bits per heavy atom. The maximum Gasteiger partial charge on any atom is 0.168 e. The molecular formula is C17H19NO. The maximum absolute atomic E-state index is 12.1. The van der Waals surface area contributed by atoms with Gasteiger partial charge in [-0.05, 0) is 30.0 Å². The third-order valence-corrected chi connectivity index (χ3v) is 3.32. The van der Waals surface area contributed by atoms with E-state index in [4.69, 9.17) is 0 Å². The molecule has 0 N–H and O–H groups in total. The predicted molar refractivity (Wildman–Crippen MR) is 77.5 cm³/mol. The summed E-state index contributed by atoms with van der Waals surface area (Å²) in [5, 5.41) is 0. The van der Waals surface area contributed by atoms with Gasteiger partial charge in [0.25, 0.3) is 0 Å². The van der Waals surface area contributed by atoms with E-state index in [2.05, 4.69) is 18.8 Å². The van der Waals surface area contributed by atoms with E-state index in [1.54, 1.807) is 0 Å². The molecule has 0 atom stereocenters. The molecule has 0 aliphatic heterocycles. The molecule has 0 aliphatic rings.